The molecule has 0 atom stereocenters. The smallest absolute Gasteiger partial charge is 0.183 e. The number of carbonyl (C=O) groups is 1. The first-order chi connectivity index (χ1) is 8.83. The van der Waals surface area contributed by atoms with Crippen LogP contribution in [0.1, 0.15) is 23.3 Å². The lowest BCUT2D eigenvalue weighted by Gasteiger charge is -2.04. The van der Waals surface area contributed by atoms with E-state index < -0.39 is 0 Å². The summed E-state index contributed by atoms with van der Waals surface area (Å²) in [7, 11) is 1.63. The van der Waals surface area contributed by atoms with E-state index in [1.54, 1.807) is 11.8 Å². The van der Waals surface area contributed by atoms with Crippen LogP contribution in [0.4, 0.5) is 0 Å². The van der Waals surface area contributed by atoms with Gasteiger partial charge >= 0.3 is 0 Å². The van der Waals surface area contributed by atoms with Crippen molar-refractivity contribution in [3.63, 3.8) is 0 Å². The Hall–Kier alpha value is -2.01. The number of carbonyl (C=O) groups excluding carboxylic acids is 1. The van der Waals surface area contributed by atoms with Crippen LogP contribution in [0.2, 0.25) is 0 Å². The number of ketones is 1. The van der Waals surface area contributed by atoms with Crippen molar-refractivity contribution in [3.8, 4) is 5.69 Å². The van der Waals surface area contributed by atoms with Gasteiger partial charge in [0, 0.05) is 20.1 Å². The van der Waals surface area contributed by atoms with Gasteiger partial charge in [-0.05, 0) is 18.6 Å². The molecule has 94 valence electrons. The van der Waals surface area contributed by atoms with Crippen molar-refractivity contribution >= 4 is 5.78 Å². The Balaban J connectivity index is 2.15. The Morgan fingerprint density at radius 3 is 2.83 bits per heavy atom. The Bertz CT molecular complexity index is 508. The summed E-state index contributed by atoms with van der Waals surface area (Å²) in [5.74, 6) is 0.0286. The van der Waals surface area contributed by atoms with Crippen LogP contribution < -0.4 is 0 Å². The molecule has 0 amide bonds. The van der Waals surface area contributed by atoms with E-state index in [1.165, 1.54) is 6.20 Å². The number of hydrogen-bond donors (Lipinski definition) is 0. The molecule has 0 saturated carbocycles. The molecule has 0 bridgehead atoms. The predicted molar refractivity (Wildman–Crippen MR) is 66.8 cm³/mol. The Kier molecular flexibility index (Phi) is 4.20. The quantitative estimate of drug-likeness (QED) is 0.576. The molecule has 0 fully saturated rings. The van der Waals surface area contributed by atoms with Gasteiger partial charge in [-0.3, -0.25) is 4.79 Å². The Labute approximate surface area is 105 Å². The van der Waals surface area contributed by atoms with Crippen LogP contribution in [0.5, 0.6) is 0 Å². The number of hydrogen-bond acceptors (Lipinski definition) is 4. The lowest BCUT2D eigenvalue weighted by molar-refractivity contribution is 0.0956. The van der Waals surface area contributed by atoms with Gasteiger partial charge < -0.3 is 4.74 Å². The number of methoxy groups -OCH3 is 1. The zero-order valence-electron chi connectivity index (χ0n) is 10.2. The lowest BCUT2D eigenvalue weighted by atomic mass is 10.2. The Morgan fingerprint density at radius 2 is 2.11 bits per heavy atom. The van der Waals surface area contributed by atoms with Crippen molar-refractivity contribution in [2.24, 2.45) is 0 Å². The minimum atomic E-state index is 0.0286. The average Bonchev–Trinajstić information content (AvgIpc) is 2.89. The van der Waals surface area contributed by atoms with Crippen LogP contribution >= 0.6 is 0 Å². The molecule has 18 heavy (non-hydrogen) atoms. The molecular formula is C13H15N3O2. The van der Waals surface area contributed by atoms with E-state index in [9.17, 15) is 4.79 Å². The maximum atomic E-state index is 12.0. The molecule has 0 unspecified atom stereocenters. The van der Waals surface area contributed by atoms with E-state index in [2.05, 4.69) is 10.3 Å². The summed E-state index contributed by atoms with van der Waals surface area (Å²) >= 11 is 0. The first-order valence-corrected chi connectivity index (χ1v) is 5.81. The maximum absolute atomic E-state index is 12.0. The molecule has 1 aromatic heterocycles. The molecule has 2 aromatic rings. The predicted octanol–water partition coefficient (Wildman–Crippen LogP) is 1.88. The zero-order valence-corrected chi connectivity index (χ0v) is 10.2. The van der Waals surface area contributed by atoms with E-state index in [0.717, 1.165) is 5.69 Å². The third-order valence-electron chi connectivity index (χ3n) is 2.59. The summed E-state index contributed by atoms with van der Waals surface area (Å²) < 4.78 is 6.50. The summed E-state index contributed by atoms with van der Waals surface area (Å²) in [6.07, 6.45) is 2.64. The highest BCUT2D eigenvalue weighted by molar-refractivity contribution is 5.94. The molecular weight excluding hydrogens is 230 g/mol. The van der Waals surface area contributed by atoms with Gasteiger partial charge in [0.05, 0.1) is 11.9 Å². The number of benzene rings is 1. The van der Waals surface area contributed by atoms with Gasteiger partial charge in [0.1, 0.15) is 5.69 Å². The molecule has 5 heteroatoms. The van der Waals surface area contributed by atoms with Crippen LogP contribution in [-0.4, -0.2) is 34.5 Å². The van der Waals surface area contributed by atoms with Crippen molar-refractivity contribution in [3.05, 3.63) is 42.2 Å². The van der Waals surface area contributed by atoms with E-state index in [-0.39, 0.29) is 5.78 Å². The number of rotatable bonds is 6. The molecule has 0 saturated heterocycles. The molecule has 0 aliphatic heterocycles. The molecule has 0 aliphatic rings. The summed E-state index contributed by atoms with van der Waals surface area (Å²) in [6, 6.07) is 9.49. The number of nitrogens with zero attached hydrogens (tertiary/aromatic N) is 3. The summed E-state index contributed by atoms with van der Waals surface area (Å²) in [5.41, 5.74) is 1.35. The van der Waals surface area contributed by atoms with Gasteiger partial charge in [0.2, 0.25) is 0 Å². The van der Waals surface area contributed by atoms with Gasteiger partial charge in [-0.1, -0.05) is 23.4 Å². The van der Waals surface area contributed by atoms with Crippen molar-refractivity contribution in [1.82, 2.24) is 15.0 Å². The van der Waals surface area contributed by atoms with Crippen LogP contribution in [-0.2, 0) is 4.74 Å². The van der Waals surface area contributed by atoms with Crippen molar-refractivity contribution < 1.29 is 9.53 Å². The molecule has 1 heterocycles. The first-order valence-electron chi connectivity index (χ1n) is 5.81. The second-order valence-corrected chi connectivity index (χ2v) is 3.89. The molecule has 2 rings (SSSR count). The standard InChI is InChI=1S/C13H15N3O2/c1-18-9-5-8-13(17)12-10-14-15-16(12)11-6-3-2-4-7-11/h2-4,6-7,10H,5,8-9H2,1H3. The third-order valence-corrected chi connectivity index (χ3v) is 2.59. The molecule has 0 N–H and O–H groups in total. The summed E-state index contributed by atoms with van der Waals surface area (Å²) in [4.78, 5) is 12.0. The van der Waals surface area contributed by atoms with Crippen LogP contribution in [0.3, 0.4) is 0 Å². The van der Waals surface area contributed by atoms with E-state index in [4.69, 9.17) is 4.74 Å². The van der Waals surface area contributed by atoms with Crippen molar-refractivity contribution in [2.45, 2.75) is 12.8 Å². The van der Waals surface area contributed by atoms with E-state index >= 15 is 0 Å². The third kappa shape index (κ3) is 2.81. The van der Waals surface area contributed by atoms with Crippen LogP contribution in [0.25, 0.3) is 5.69 Å². The molecule has 0 radical (unpaired) electrons. The first kappa shape index (κ1) is 12.4. The number of para-hydroxylation sites is 1. The van der Waals surface area contributed by atoms with Gasteiger partial charge in [0.15, 0.2) is 5.78 Å². The largest absolute Gasteiger partial charge is 0.385 e. The second-order valence-electron chi connectivity index (χ2n) is 3.89. The fraction of sp³-hybridized carbons (Fsp3) is 0.308. The van der Waals surface area contributed by atoms with E-state index in [1.807, 2.05) is 30.3 Å². The number of Topliss-reactive ketones (excluding diaryl/α,β-unsaturated/α-hetero) is 1. The molecule has 1 aromatic carbocycles. The molecule has 0 aliphatic carbocycles. The average molecular weight is 245 g/mol. The normalized spacial score (nSPS) is 10.5. The second kappa shape index (κ2) is 6.07. The highest BCUT2D eigenvalue weighted by Crippen LogP contribution is 2.11. The summed E-state index contributed by atoms with van der Waals surface area (Å²) in [6.45, 7) is 0.582. The number of aromatic nitrogens is 3. The van der Waals surface area contributed by atoms with E-state index in [0.29, 0.717) is 25.1 Å². The van der Waals surface area contributed by atoms with Gasteiger partial charge in [-0.15, -0.1) is 5.10 Å². The maximum Gasteiger partial charge on any atom is 0.183 e. The monoisotopic (exact) mass is 245 g/mol. The van der Waals surface area contributed by atoms with Crippen LogP contribution in [0.15, 0.2) is 36.5 Å². The lowest BCUT2D eigenvalue weighted by Crippen LogP contribution is -2.09. The fourth-order valence-electron chi connectivity index (χ4n) is 1.69. The Morgan fingerprint density at radius 1 is 1.33 bits per heavy atom. The fourth-order valence-corrected chi connectivity index (χ4v) is 1.69. The van der Waals surface area contributed by atoms with Crippen molar-refractivity contribution in [1.29, 1.82) is 0 Å². The molecule has 5 nitrogen and oxygen atoms in total. The summed E-state index contributed by atoms with van der Waals surface area (Å²) in [5, 5.41) is 7.76. The van der Waals surface area contributed by atoms with Gasteiger partial charge in [-0.25, -0.2) is 4.68 Å². The topological polar surface area (TPSA) is 57.0 Å². The minimum absolute atomic E-state index is 0.0286. The SMILES string of the molecule is COCCCC(=O)c1cnnn1-c1ccccc1. The van der Waals surface area contributed by atoms with Crippen LogP contribution in [0, 0.1) is 0 Å². The number of ether oxygens (including phenoxy) is 1. The molecule has 0 spiro atoms. The van der Waals surface area contributed by atoms with Gasteiger partial charge in [0.25, 0.3) is 0 Å². The zero-order chi connectivity index (χ0) is 12.8. The minimum Gasteiger partial charge on any atom is -0.385 e. The highest BCUT2D eigenvalue weighted by Gasteiger charge is 2.13. The highest BCUT2D eigenvalue weighted by atomic mass is 16.5. The van der Waals surface area contributed by atoms with Crippen molar-refractivity contribution in [2.75, 3.05) is 13.7 Å². The van der Waals surface area contributed by atoms with Gasteiger partial charge in [-0.2, -0.15) is 0 Å².